The number of thioether (sulfide) groups is 1. The lowest BCUT2D eigenvalue weighted by Gasteiger charge is -2.12. The topological polar surface area (TPSA) is 51.5 Å². The Morgan fingerprint density at radius 2 is 1.72 bits per heavy atom. The smallest absolute Gasteiger partial charge is 0.293 e. The molecule has 0 saturated carbocycles. The third kappa shape index (κ3) is 4.47. The first-order chi connectivity index (χ1) is 15.4. The van der Waals surface area contributed by atoms with E-state index in [9.17, 15) is 9.59 Å². The molecule has 0 aliphatic carbocycles. The molecule has 4 rings (SSSR count). The fourth-order valence-corrected chi connectivity index (χ4v) is 4.70. The maximum atomic E-state index is 12.4. The van der Waals surface area contributed by atoms with Crippen LogP contribution >= 0.6 is 23.4 Å². The van der Waals surface area contributed by atoms with Crippen LogP contribution in [0.3, 0.4) is 0 Å². The van der Waals surface area contributed by atoms with Gasteiger partial charge in [-0.15, -0.1) is 0 Å². The van der Waals surface area contributed by atoms with Crippen LogP contribution in [0.15, 0.2) is 59.5 Å². The van der Waals surface area contributed by atoms with Gasteiger partial charge >= 0.3 is 0 Å². The van der Waals surface area contributed by atoms with Crippen molar-refractivity contribution in [2.45, 2.75) is 27.4 Å². The number of ether oxygens (including phenoxy) is 1. The van der Waals surface area contributed by atoms with Crippen molar-refractivity contribution in [2.24, 2.45) is 0 Å². The predicted molar refractivity (Wildman–Crippen MR) is 129 cm³/mol. The second kappa shape index (κ2) is 9.27. The van der Waals surface area contributed by atoms with E-state index in [1.54, 1.807) is 6.92 Å². The first-order valence-electron chi connectivity index (χ1n) is 10.3. The molecule has 2 heterocycles. The van der Waals surface area contributed by atoms with Gasteiger partial charge in [-0.1, -0.05) is 23.7 Å². The highest BCUT2D eigenvalue weighted by Gasteiger charge is 2.33. The average Bonchev–Trinajstić information content (AvgIpc) is 3.21. The zero-order valence-corrected chi connectivity index (χ0v) is 19.7. The number of amides is 2. The maximum Gasteiger partial charge on any atom is 0.293 e. The molecule has 2 amide bonds. The van der Waals surface area contributed by atoms with Crippen LogP contribution in [0.25, 0.3) is 11.8 Å². The third-order valence-corrected chi connectivity index (χ3v) is 6.52. The van der Waals surface area contributed by atoms with Crippen molar-refractivity contribution in [2.75, 3.05) is 6.54 Å². The van der Waals surface area contributed by atoms with E-state index in [2.05, 4.69) is 4.57 Å². The molecule has 0 N–H and O–H groups in total. The summed E-state index contributed by atoms with van der Waals surface area (Å²) < 4.78 is 8.00. The van der Waals surface area contributed by atoms with Gasteiger partial charge in [0.15, 0.2) is 0 Å². The number of nitrogens with zero attached hydrogens (tertiary/aromatic N) is 2. The minimum absolute atomic E-state index is 0.216. The molecule has 1 aliphatic heterocycles. The molecule has 164 valence electrons. The summed E-state index contributed by atoms with van der Waals surface area (Å²) >= 11 is 6.92. The van der Waals surface area contributed by atoms with Crippen LogP contribution in [0, 0.1) is 13.8 Å². The quantitative estimate of drug-likeness (QED) is 0.395. The first kappa shape index (κ1) is 22.2. The Bertz CT molecular complexity index is 1200. The molecule has 32 heavy (non-hydrogen) atoms. The number of aryl methyl sites for hydroxylation is 1. The van der Waals surface area contributed by atoms with E-state index in [0.717, 1.165) is 45.7 Å². The summed E-state index contributed by atoms with van der Waals surface area (Å²) in [6.07, 6.45) is 1.81. The molecule has 0 unspecified atom stereocenters. The number of hydrogen-bond donors (Lipinski definition) is 0. The van der Waals surface area contributed by atoms with Gasteiger partial charge in [0.05, 0.1) is 4.91 Å². The number of aromatic nitrogens is 1. The molecule has 1 saturated heterocycles. The zero-order chi connectivity index (χ0) is 22.8. The molecule has 1 fully saturated rings. The summed E-state index contributed by atoms with van der Waals surface area (Å²) in [6.45, 7) is 6.68. The van der Waals surface area contributed by atoms with Gasteiger partial charge in [-0.25, -0.2) is 0 Å². The number of likely N-dealkylation sites (N-methyl/N-ethyl adjacent to an activating group) is 1. The van der Waals surface area contributed by atoms with Crippen molar-refractivity contribution in [3.05, 3.63) is 87.0 Å². The third-order valence-electron chi connectivity index (χ3n) is 5.36. The Morgan fingerprint density at radius 1 is 1.03 bits per heavy atom. The first-order valence-corrected chi connectivity index (χ1v) is 11.5. The van der Waals surface area contributed by atoms with E-state index >= 15 is 0 Å². The zero-order valence-electron chi connectivity index (χ0n) is 18.1. The van der Waals surface area contributed by atoms with Gasteiger partial charge in [-0.2, -0.15) is 0 Å². The molecule has 0 bridgehead atoms. The van der Waals surface area contributed by atoms with Gasteiger partial charge in [-0.05, 0) is 92.2 Å². The number of rotatable bonds is 6. The Morgan fingerprint density at radius 3 is 2.34 bits per heavy atom. The Hall–Kier alpha value is -2.96. The number of carbonyl (C=O) groups excluding carboxylic acids is 2. The van der Waals surface area contributed by atoms with Crippen molar-refractivity contribution in [3.63, 3.8) is 0 Å². The highest BCUT2D eigenvalue weighted by molar-refractivity contribution is 8.18. The van der Waals surface area contributed by atoms with E-state index < -0.39 is 0 Å². The molecule has 1 aliphatic rings. The lowest BCUT2D eigenvalue weighted by Crippen LogP contribution is -2.27. The van der Waals surface area contributed by atoms with Crippen LogP contribution in [0.4, 0.5) is 4.79 Å². The number of imide groups is 1. The van der Waals surface area contributed by atoms with E-state index in [-0.39, 0.29) is 11.1 Å². The standard InChI is InChI=1S/C25H23ClN2O3S/c1-4-27-24(29)23(32-25(27)30)14-19-13-16(2)28(17(19)3)21-9-11-22(12-10-21)31-15-18-5-7-20(26)8-6-18/h5-14H,4,15H2,1-3H3/b23-14+. The van der Waals surface area contributed by atoms with E-state index in [0.29, 0.717) is 23.1 Å². The number of hydrogen-bond acceptors (Lipinski definition) is 4. The highest BCUT2D eigenvalue weighted by atomic mass is 35.5. The van der Waals surface area contributed by atoms with Crippen molar-refractivity contribution in [1.82, 2.24) is 9.47 Å². The fraction of sp³-hybridized carbons (Fsp3) is 0.200. The molecule has 3 aromatic rings. The van der Waals surface area contributed by atoms with Crippen molar-refractivity contribution in [1.29, 1.82) is 0 Å². The normalized spacial score (nSPS) is 15.1. The molecular weight excluding hydrogens is 444 g/mol. The molecule has 7 heteroatoms. The predicted octanol–water partition coefficient (Wildman–Crippen LogP) is 6.38. The SMILES string of the molecule is CCN1C(=O)S/C(=C/c2cc(C)n(-c3ccc(OCc4ccc(Cl)cc4)cc3)c2C)C1=O. The molecule has 0 atom stereocenters. The monoisotopic (exact) mass is 466 g/mol. The van der Waals surface area contributed by atoms with Crippen LogP contribution in [-0.4, -0.2) is 27.2 Å². The lowest BCUT2D eigenvalue weighted by molar-refractivity contribution is -0.122. The number of halogens is 1. The number of benzene rings is 2. The van der Waals surface area contributed by atoms with Crippen LogP contribution in [0.5, 0.6) is 5.75 Å². The minimum Gasteiger partial charge on any atom is -0.489 e. The summed E-state index contributed by atoms with van der Waals surface area (Å²) in [7, 11) is 0. The molecular formula is C25H23ClN2O3S. The second-order valence-electron chi connectivity index (χ2n) is 7.50. The summed E-state index contributed by atoms with van der Waals surface area (Å²) in [4.78, 5) is 26.1. The number of carbonyl (C=O) groups is 2. The van der Waals surface area contributed by atoms with Gasteiger partial charge in [0.2, 0.25) is 0 Å². The van der Waals surface area contributed by atoms with Crippen molar-refractivity contribution < 1.29 is 14.3 Å². The fourth-order valence-electron chi connectivity index (χ4n) is 3.68. The van der Waals surface area contributed by atoms with Crippen LogP contribution in [0.1, 0.15) is 29.4 Å². The second-order valence-corrected chi connectivity index (χ2v) is 8.93. The molecule has 0 radical (unpaired) electrons. The van der Waals surface area contributed by atoms with Crippen molar-refractivity contribution >= 4 is 40.6 Å². The summed E-state index contributed by atoms with van der Waals surface area (Å²) in [5, 5.41) is 0.488. The molecule has 1 aromatic heterocycles. The largest absolute Gasteiger partial charge is 0.489 e. The summed E-state index contributed by atoms with van der Waals surface area (Å²) in [5.41, 5.74) is 5.01. The van der Waals surface area contributed by atoms with Gasteiger partial charge in [0.25, 0.3) is 11.1 Å². The summed E-state index contributed by atoms with van der Waals surface area (Å²) in [5.74, 6) is 0.550. The summed E-state index contributed by atoms with van der Waals surface area (Å²) in [6, 6.07) is 17.5. The Balaban J connectivity index is 1.52. The van der Waals surface area contributed by atoms with Gasteiger partial charge in [0.1, 0.15) is 12.4 Å². The Labute approximate surface area is 196 Å². The molecule has 2 aromatic carbocycles. The minimum atomic E-state index is -0.227. The van der Waals surface area contributed by atoms with Crippen LogP contribution in [-0.2, 0) is 11.4 Å². The van der Waals surface area contributed by atoms with Crippen molar-refractivity contribution in [3.8, 4) is 11.4 Å². The Kier molecular flexibility index (Phi) is 6.44. The van der Waals surface area contributed by atoms with Gasteiger partial charge in [0, 0.05) is 28.6 Å². The van der Waals surface area contributed by atoms with Gasteiger partial charge < -0.3 is 9.30 Å². The van der Waals surface area contributed by atoms with E-state index in [1.807, 2.05) is 74.5 Å². The molecule has 5 nitrogen and oxygen atoms in total. The molecule has 0 spiro atoms. The van der Waals surface area contributed by atoms with Crippen LogP contribution in [0.2, 0.25) is 5.02 Å². The van der Waals surface area contributed by atoms with E-state index in [4.69, 9.17) is 16.3 Å². The van der Waals surface area contributed by atoms with Gasteiger partial charge in [-0.3, -0.25) is 14.5 Å². The maximum absolute atomic E-state index is 12.4. The highest BCUT2D eigenvalue weighted by Crippen LogP contribution is 2.33. The average molecular weight is 467 g/mol. The van der Waals surface area contributed by atoms with E-state index in [1.165, 1.54) is 4.90 Å². The lowest BCUT2D eigenvalue weighted by atomic mass is 10.2. The van der Waals surface area contributed by atoms with Crippen LogP contribution < -0.4 is 4.74 Å².